The van der Waals surface area contributed by atoms with Crippen molar-refractivity contribution >= 4 is 5.69 Å². The Kier molecular flexibility index (Phi) is 5.09. The fourth-order valence-corrected chi connectivity index (χ4v) is 4.89. The fourth-order valence-electron chi connectivity index (χ4n) is 4.89. The molecule has 2 saturated heterocycles. The largest absolute Gasteiger partial charge is 0.371 e. The average Bonchev–Trinajstić information content (AvgIpc) is 3.24. The van der Waals surface area contributed by atoms with Crippen LogP contribution in [0, 0.1) is 0 Å². The number of hydrogen-bond acceptors (Lipinski definition) is 3. The molecule has 1 aromatic carbocycles. The number of fused-ring (bicyclic) bond motifs is 1. The van der Waals surface area contributed by atoms with E-state index < -0.39 is 0 Å². The highest BCUT2D eigenvalue weighted by atomic mass is 15.2. The number of hydrogen-bond donors (Lipinski definition) is 1. The Morgan fingerprint density at radius 3 is 2.62 bits per heavy atom. The van der Waals surface area contributed by atoms with Gasteiger partial charge >= 0.3 is 0 Å². The zero-order valence-electron chi connectivity index (χ0n) is 15.3. The lowest BCUT2D eigenvalue weighted by Crippen LogP contribution is -2.43. The van der Waals surface area contributed by atoms with Crippen LogP contribution in [0.4, 0.5) is 5.69 Å². The molecule has 0 saturated carbocycles. The first-order chi connectivity index (χ1) is 11.8. The second kappa shape index (κ2) is 7.45. The quantitative estimate of drug-likeness (QED) is 0.896. The summed E-state index contributed by atoms with van der Waals surface area (Å²) in [6, 6.07) is 8.74. The predicted octanol–water partition coefficient (Wildman–Crippen LogP) is 3.22. The number of nitrogens with one attached hydrogen (secondary N) is 1. The van der Waals surface area contributed by atoms with Crippen molar-refractivity contribution in [3.05, 3.63) is 29.3 Å². The molecule has 3 aliphatic rings. The summed E-state index contributed by atoms with van der Waals surface area (Å²) < 4.78 is 0. The molecule has 0 radical (unpaired) electrons. The summed E-state index contributed by atoms with van der Waals surface area (Å²) in [4.78, 5) is 5.14. The van der Waals surface area contributed by atoms with Crippen molar-refractivity contribution in [2.24, 2.45) is 0 Å². The van der Waals surface area contributed by atoms with Crippen LogP contribution in [0.15, 0.2) is 18.2 Å². The van der Waals surface area contributed by atoms with Gasteiger partial charge in [0, 0.05) is 30.9 Å². The number of nitrogens with zero attached hydrogens (tertiary/aromatic N) is 2. The Balaban J connectivity index is 1.22. The summed E-state index contributed by atoms with van der Waals surface area (Å²) in [5.74, 6) is 0. The molecule has 0 unspecified atom stereocenters. The van der Waals surface area contributed by atoms with Crippen molar-refractivity contribution < 1.29 is 0 Å². The Morgan fingerprint density at radius 2 is 1.83 bits per heavy atom. The minimum Gasteiger partial charge on any atom is -0.371 e. The van der Waals surface area contributed by atoms with E-state index >= 15 is 0 Å². The van der Waals surface area contributed by atoms with Gasteiger partial charge in [-0.05, 0) is 94.8 Å². The first kappa shape index (κ1) is 16.4. The smallest absolute Gasteiger partial charge is 0.0369 e. The molecule has 1 aromatic rings. The molecule has 1 aliphatic carbocycles. The molecule has 0 aromatic heterocycles. The van der Waals surface area contributed by atoms with Gasteiger partial charge < -0.3 is 15.1 Å². The summed E-state index contributed by atoms with van der Waals surface area (Å²) in [6.45, 7) is 4.90. The third kappa shape index (κ3) is 3.62. The number of anilines is 1. The van der Waals surface area contributed by atoms with E-state index in [0.29, 0.717) is 0 Å². The van der Waals surface area contributed by atoms with Gasteiger partial charge in [0.2, 0.25) is 0 Å². The van der Waals surface area contributed by atoms with Crippen molar-refractivity contribution in [1.82, 2.24) is 10.2 Å². The van der Waals surface area contributed by atoms with Crippen molar-refractivity contribution in [3.63, 3.8) is 0 Å². The summed E-state index contributed by atoms with van der Waals surface area (Å²) in [5.41, 5.74) is 4.65. The number of aryl methyl sites for hydroxylation is 2. The second-order valence-corrected chi connectivity index (χ2v) is 8.09. The predicted molar refractivity (Wildman–Crippen MR) is 102 cm³/mol. The van der Waals surface area contributed by atoms with Crippen molar-refractivity contribution in [3.8, 4) is 0 Å². The lowest BCUT2D eigenvalue weighted by atomic mass is 10.0. The molecule has 2 fully saturated rings. The summed E-state index contributed by atoms with van der Waals surface area (Å²) in [5, 5.41) is 3.83. The molecule has 2 aliphatic heterocycles. The van der Waals surface area contributed by atoms with Gasteiger partial charge in [0.25, 0.3) is 0 Å². The molecule has 132 valence electrons. The highest BCUT2D eigenvalue weighted by Crippen LogP contribution is 2.28. The zero-order chi connectivity index (χ0) is 16.4. The molecule has 1 atom stereocenters. The van der Waals surface area contributed by atoms with E-state index in [9.17, 15) is 0 Å². The molecular formula is C21H33N3. The van der Waals surface area contributed by atoms with Gasteiger partial charge in [-0.1, -0.05) is 6.07 Å². The molecule has 3 heteroatoms. The molecule has 1 N–H and O–H groups in total. The Labute approximate surface area is 147 Å². The lowest BCUT2D eigenvalue weighted by Gasteiger charge is -2.34. The van der Waals surface area contributed by atoms with Gasteiger partial charge in [-0.15, -0.1) is 0 Å². The van der Waals surface area contributed by atoms with Crippen LogP contribution < -0.4 is 10.2 Å². The van der Waals surface area contributed by atoms with Gasteiger partial charge in [-0.3, -0.25) is 0 Å². The lowest BCUT2D eigenvalue weighted by molar-refractivity contribution is 0.286. The molecule has 0 amide bonds. The molecule has 4 rings (SSSR count). The van der Waals surface area contributed by atoms with Crippen LogP contribution in [-0.2, 0) is 12.8 Å². The van der Waals surface area contributed by atoms with Gasteiger partial charge in [-0.25, -0.2) is 0 Å². The fraction of sp³-hybridized carbons (Fsp3) is 0.714. The van der Waals surface area contributed by atoms with E-state index in [0.717, 1.165) is 12.1 Å². The van der Waals surface area contributed by atoms with Crippen LogP contribution >= 0.6 is 0 Å². The first-order valence-electron chi connectivity index (χ1n) is 10.1. The zero-order valence-corrected chi connectivity index (χ0v) is 15.3. The number of benzene rings is 1. The summed E-state index contributed by atoms with van der Waals surface area (Å²) in [6.07, 6.45) is 10.6. The molecule has 3 nitrogen and oxygen atoms in total. The highest BCUT2D eigenvalue weighted by Gasteiger charge is 2.23. The number of likely N-dealkylation sites (tertiary alicyclic amines) is 1. The topological polar surface area (TPSA) is 18.5 Å². The normalized spacial score (nSPS) is 25.4. The SMILES string of the molecule is CN1CCC[C@@H]1CCNC1CCN(c2ccc3c(c2)CCC3)CC1. The third-order valence-corrected chi connectivity index (χ3v) is 6.52. The highest BCUT2D eigenvalue weighted by molar-refractivity contribution is 5.52. The van der Waals surface area contributed by atoms with Crippen LogP contribution in [-0.4, -0.2) is 50.2 Å². The molecule has 0 spiro atoms. The minimum absolute atomic E-state index is 0.724. The van der Waals surface area contributed by atoms with Crippen LogP contribution in [0.2, 0.25) is 0 Å². The first-order valence-corrected chi connectivity index (χ1v) is 10.1. The van der Waals surface area contributed by atoms with E-state index in [2.05, 4.69) is 40.4 Å². The van der Waals surface area contributed by atoms with Crippen LogP contribution in [0.1, 0.15) is 49.7 Å². The monoisotopic (exact) mass is 327 g/mol. The van der Waals surface area contributed by atoms with E-state index in [1.807, 2.05) is 0 Å². The van der Waals surface area contributed by atoms with E-state index in [1.165, 1.54) is 83.2 Å². The van der Waals surface area contributed by atoms with E-state index in [-0.39, 0.29) is 0 Å². The van der Waals surface area contributed by atoms with Gasteiger partial charge in [0.1, 0.15) is 0 Å². The average molecular weight is 328 g/mol. The van der Waals surface area contributed by atoms with Crippen LogP contribution in [0.3, 0.4) is 0 Å². The van der Waals surface area contributed by atoms with Crippen molar-refractivity contribution in [2.75, 3.05) is 38.1 Å². The van der Waals surface area contributed by atoms with Crippen molar-refractivity contribution in [1.29, 1.82) is 0 Å². The summed E-state index contributed by atoms with van der Waals surface area (Å²) in [7, 11) is 2.28. The third-order valence-electron chi connectivity index (χ3n) is 6.52. The van der Waals surface area contributed by atoms with Crippen molar-refractivity contribution in [2.45, 2.75) is 63.5 Å². The number of rotatable bonds is 5. The Bertz CT molecular complexity index is 548. The second-order valence-electron chi connectivity index (χ2n) is 8.09. The molecule has 2 heterocycles. The standard InChI is InChI=1S/C21H33N3/c1-23-13-3-6-20(23)9-12-22-19-10-14-24(15-11-19)21-8-7-17-4-2-5-18(17)16-21/h7-8,16,19-20,22H,2-6,9-15H2,1H3/t20-/m1/s1. The summed E-state index contributed by atoms with van der Waals surface area (Å²) >= 11 is 0. The van der Waals surface area contributed by atoms with Gasteiger partial charge in [0.05, 0.1) is 0 Å². The van der Waals surface area contributed by atoms with Gasteiger partial charge in [0.15, 0.2) is 0 Å². The van der Waals surface area contributed by atoms with Crippen LogP contribution in [0.25, 0.3) is 0 Å². The molecule has 0 bridgehead atoms. The Hall–Kier alpha value is -1.06. The van der Waals surface area contributed by atoms with E-state index in [4.69, 9.17) is 0 Å². The molecular weight excluding hydrogens is 294 g/mol. The van der Waals surface area contributed by atoms with Gasteiger partial charge in [-0.2, -0.15) is 0 Å². The Morgan fingerprint density at radius 1 is 1.00 bits per heavy atom. The van der Waals surface area contributed by atoms with Crippen LogP contribution in [0.5, 0.6) is 0 Å². The number of piperidine rings is 1. The minimum atomic E-state index is 0.724. The van der Waals surface area contributed by atoms with E-state index in [1.54, 1.807) is 11.1 Å². The molecule has 24 heavy (non-hydrogen) atoms. The maximum Gasteiger partial charge on any atom is 0.0369 e. The maximum absolute atomic E-state index is 3.83. The maximum atomic E-state index is 3.83.